The van der Waals surface area contributed by atoms with E-state index in [0.717, 1.165) is 18.3 Å². The molecule has 0 amide bonds. The molecule has 0 unspecified atom stereocenters. The van der Waals surface area contributed by atoms with Crippen molar-refractivity contribution in [2.24, 2.45) is 0 Å². The summed E-state index contributed by atoms with van der Waals surface area (Å²) in [5.41, 5.74) is 4.80. The summed E-state index contributed by atoms with van der Waals surface area (Å²) in [6.07, 6.45) is 1.31. The summed E-state index contributed by atoms with van der Waals surface area (Å²) in [5.74, 6) is 0. The number of aryl methyl sites for hydroxylation is 2. The van der Waals surface area contributed by atoms with Gasteiger partial charge in [-0.3, -0.25) is 9.80 Å². The Kier molecular flexibility index (Phi) is 4.88. The summed E-state index contributed by atoms with van der Waals surface area (Å²) in [4.78, 5) is 5.25. The smallest absolute Gasteiger partial charge is 0.0651 e. The third-order valence-electron chi connectivity index (χ3n) is 5.53. The molecule has 2 aromatic rings. The first-order valence-corrected chi connectivity index (χ1v) is 9.49. The lowest BCUT2D eigenvalue weighted by Crippen LogP contribution is -2.50. The van der Waals surface area contributed by atoms with Crippen LogP contribution in [0, 0.1) is 13.8 Å². The predicted octanol–water partition coefficient (Wildman–Crippen LogP) is 1.97. The van der Waals surface area contributed by atoms with Gasteiger partial charge in [-0.1, -0.05) is 12.1 Å². The highest BCUT2D eigenvalue weighted by Crippen LogP contribution is 2.17. The molecule has 2 aliphatic heterocycles. The molecule has 1 N–H and O–H groups in total. The van der Waals surface area contributed by atoms with Gasteiger partial charge in [0.05, 0.1) is 11.4 Å². The number of aromatic nitrogens is 2. The lowest BCUT2D eigenvalue weighted by atomic mass is 10.1. The Balaban J connectivity index is 1.38. The standard InChI is InChI=1S/C20H29N5/c1-16-12-17(2)25(22-16)19-5-3-4-18(13-19)15-23-8-10-24(11-9-23)20-6-7-21-14-20/h3-5,12-13,20-21H,6-11,14-15H2,1-2H3/t20-/m1/s1. The van der Waals surface area contributed by atoms with E-state index in [4.69, 9.17) is 0 Å². The van der Waals surface area contributed by atoms with Crippen LogP contribution in [0.1, 0.15) is 23.4 Å². The first kappa shape index (κ1) is 16.8. The van der Waals surface area contributed by atoms with E-state index in [0.29, 0.717) is 0 Å². The maximum atomic E-state index is 4.61. The molecule has 0 aliphatic carbocycles. The van der Waals surface area contributed by atoms with Gasteiger partial charge in [0, 0.05) is 51.0 Å². The molecule has 5 heteroatoms. The molecule has 4 rings (SSSR count). The highest BCUT2D eigenvalue weighted by atomic mass is 15.3. The Hall–Kier alpha value is -1.69. The van der Waals surface area contributed by atoms with Crippen LogP contribution >= 0.6 is 0 Å². The second-order valence-corrected chi connectivity index (χ2v) is 7.47. The van der Waals surface area contributed by atoms with Crippen molar-refractivity contribution >= 4 is 0 Å². The fraction of sp³-hybridized carbons (Fsp3) is 0.550. The topological polar surface area (TPSA) is 36.3 Å². The Morgan fingerprint density at radius 3 is 2.64 bits per heavy atom. The van der Waals surface area contributed by atoms with Crippen LogP contribution < -0.4 is 5.32 Å². The van der Waals surface area contributed by atoms with Gasteiger partial charge >= 0.3 is 0 Å². The molecule has 0 saturated carbocycles. The fourth-order valence-corrected chi connectivity index (χ4v) is 4.17. The van der Waals surface area contributed by atoms with Crippen molar-refractivity contribution in [3.05, 3.63) is 47.3 Å². The van der Waals surface area contributed by atoms with E-state index in [9.17, 15) is 0 Å². The number of rotatable bonds is 4. The molecule has 1 aromatic heterocycles. The highest BCUT2D eigenvalue weighted by Gasteiger charge is 2.25. The Labute approximate surface area is 150 Å². The van der Waals surface area contributed by atoms with E-state index in [-0.39, 0.29) is 0 Å². The maximum Gasteiger partial charge on any atom is 0.0651 e. The van der Waals surface area contributed by atoms with Crippen molar-refractivity contribution in [3.8, 4) is 5.69 Å². The van der Waals surface area contributed by atoms with Crippen LogP contribution in [0.5, 0.6) is 0 Å². The minimum absolute atomic E-state index is 0.761. The van der Waals surface area contributed by atoms with Crippen molar-refractivity contribution in [3.63, 3.8) is 0 Å². The van der Waals surface area contributed by atoms with Gasteiger partial charge in [0.25, 0.3) is 0 Å². The quantitative estimate of drug-likeness (QED) is 0.924. The van der Waals surface area contributed by atoms with E-state index in [1.165, 1.54) is 62.6 Å². The second-order valence-electron chi connectivity index (χ2n) is 7.47. The largest absolute Gasteiger partial charge is 0.315 e. The summed E-state index contributed by atoms with van der Waals surface area (Å²) in [6, 6.07) is 11.7. The number of nitrogens with zero attached hydrogens (tertiary/aromatic N) is 4. The predicted molar refractivity (Wildman–Crippen MR) is 101 cm³/mol. The Morgan fingerprint density at radius 2 is 1.96 bits per heavy atom. The third kappa shape index (κ3) is 3.78. The van der Waals surface area contributed by atoms with Crippen molar-refractivity contribution in [1.82, 2.24) is 24.9 Å². The van der Waals surface area contributed by atoms with Crippen molar-refractivity contribution in [2.45, 2.75) is 32.9 Å². The fourth-order valence-electron chi connectivity index (χ4n) is 4.17. The lowest BCUT2D eigenvalue weighted by molar-refractivity contribution is 0.0981. The minimum atomic E-state index is 0.761. The van der Waals surface area contributed by atoms with Gasteiger partial charge in [0.2, 0.25) is 0 Å². The van der Waals surface area contributed by atoms with E-state index < -0.39 is 0 Å². The number of nitrogens with one attached hydrogen (secondary N) is 1. The molecule has 134 valence electrons. The van der Waals surface area contributed by atoms with E-state index in [1.807, 2.05) is 11.6 Å². The summed E-state index contributed by atoms with van der Waals surface area (Å²) in [5, 5.41) is 8.10. The van der Waals surface area contributed by atoms with Crippen molar-refractivity contribution < 1.29 is 0 Å². The first-order chi connectivity index (χ1) is 12.2. The minimum Gasteiger partial charge on any atom is -0.315 e. The Bertz CT molecular complexity index is 709. The van der Waals surface area contributed by atoms with Gasteiger partial charge in [-0.05, 0) is 50.6 Å². The molecule has 25 heavy (non-hydrogen) atoms. The van der Waals surface area contributed by atoms with Gasteiger partial charge < -0.3 is 5.32 Å². The van der Waals surface area contributed by atoms with Crippen molar-refractivity contribution in [2.75, 3.05) is 39.3 Å². The summed E-state index contributed by atoms with van der Waals surface area (Å²) in [7, 11) is 0. The maximum absolute atomic E-state index is 4.61. The van der Waals surface area contributed by atoms with Gasteiger partial charge in [0.1, 0.15) is 0 Å². The van der Waals surface area contributed by atoms with Crippen LogP contribution in [0.25, 0.3) is 5.69 Å². The molecule has 5 nitrogen and oxygen atoms in total. The molecule has 1 aromatic carbocycles. The van der Waals surface area contributed by atoms with Gasteiger partial charge in [-0.15, -0.1) is 0 Å². The lowest BCUT2D eigenvalue weighted by Gasteiger charge is -2.37. The number of piperazine rings is 1. The molecule has 1 atom stereocenters. The normalized spacial score (nSPS) is 22.6. The Morgan fingerprint density at radius 1 is 1.12 bits per heavy atom. The summed E-state index contributed by atoms with van der Waals surface area (Å²) >= 11 is 0. The zero-order valence-electron chi connectivity index (χ0n) is 15.4. The molecular formula is C20H29N5. The van der Waals surface area contributed by atoms with E-state index in [1.54, 1.807) is 0 Å². The molecule has 0 radical (unpaired) electrons. The van der Waals surface area contributed by atoms with Crippen LogP contribution in [0.4, 0.5) is 0 Å². The average molecular weight is 339 g/mol. The van der Waals surface area contributed by atoms with Crippen LogP contribution in [0.15, 0.2) is 30.3 Å². The van der Waals surface area contributed by atoms with E-state index >= 15 is 0 Å². The number of hydrogen-bond donors (Lipinski definition) is 1. The molecule has 0 spiro atoms. The summed E-state index contributed by atoms with van der Waals surface area (Å²) < 4.78 is 2.05. The monoisotopic (exact) mass is 339 g/mol. The van der Waals surface area contributed by atoms with Crippen LogP contribution in [-0.4, -0.2) is 64.9 Å². The zero-order valence-corrected chi connectivity index (χ0v) is 15.4. The molecule has 0 bridgehead atoms. The average Bonchev–Trinajstić information content (AvgIpc) is 3.25. The van der Waals surface area contributed by atoms with Gasteiger partial charge in [-0.2, -0.15) is 5.10 Å². The second kappa shape index (κ2) is 7.28. The number of hydrogen-bond acceptors (Lipinski definition) is 4. The molecule has 2 fully saturated rings. The van der Waals surface area contributed by atoms with Crippen LogP contribution in [-0.2, 0) is 6.54 Å². The van der Waals surface area contributed by atoms with E-state index in [2.05, 4.69) is 57.5 Å². The van der Waals surface area contributed by atoms with Gasteiger partial charge in [0.15, 0.2) is 0 Å². The zero-order chi connectivity index (χ0) is 17.2. The molecule has 2 saturated heterocycles. The first-order valence-electron chi connectivity index (χ1n) is 9.49. The van der Waals surface area contributed by atoms with Crippen LogP contribution in [0.3, 0.4) is 0 Å². The van der Waals surface area contributed by atoms with Gasteiger partial charge in [-0.25, -0.2) is 4.68 Å². The SMILES string of the molecule is Cc1cc(C)n(-c2cccc(CN3CCN([C@@H]4CCNC4)CC3)c2)n1. The molecule has 3 heterocycles. The molecule has 2 aliphatic rings. The third-order valence-corrected chi connectivity index (χ3v) is 5.53. The number of benzene rings is 1. The highest BCUT2D eigenvalue weighted by molar-refractivity contribution is 5.37. The van der Waals surface area contributed by atoms with Crippen LogP contribution in [0.2, 0.25) is 0 Å². The molecular weight excluding hydrogens is 310 g/mol. The van der Waals surface area contributed by atoms with Crippen molar-refractivity contribution in [1.29, 1.82) is 0 Å². The summed E-state index contributed by atoms with van der Waals surface area (Å²) in [6.45, 7) is 12.3.